The first-order valence-corrected chi connectivity index (χ1v) is 6.77. The molecule has 0 saturated heterocycles. The van der Waals surface area contributed by atoms with Gasteiger partial charge < -0.3 is 0 Å². The van der Waals surface area contributed by atoms with Crippen LogP contribution in [0, 0.1) is 0 Å². The lowest BCUT2D eigenvalue weighted by molar-refractivity contribution is -0.140. The monoisotopic (exact) mass is 308 g/mol. The van der Waals surface area contributed by atoms with Crippen molar-refractivity contribution in [2.24, 2.45) is 0 Å². The van der Waals surface area contributed by atoms with E-state index in [4.69, 9.17) is 0 Å². The summed E-state index contributed by atoms with van der Waals surface area (Å²) in [5.41, 5.74) is 0.531. The normalized spacial score (nSPS) is 17.1. The van der Waals surface area contributed by atoms with Crippen LogP contribution in [0.4, 0.5) is 0 Å². The van der Waals surface area contributed by atoms with E-state index in [0.717, 1.165) is 0 Å². The molecule has 6 nitrogen and oxygen atoms in total. The lowest BCUT2D eigenvalue weighted by Crippen LogP contribution is -2.36. The van der Waals surface area contributed by atoms with Gasteiger partial charge in [0.15, 0.2) is 0 Å². The smallest absolute Gasteiger partial charge is 0.256 e. The molecule has 4 amide bonds. The predicted octanol–water partition coefficient (Wildman–Crippen LogP) is 1.67. The van der Waals surface area contributed by atoms with Crippen LogP contribution in [0.15, 0.2) is 23.8 Å². The second-order valence-electron chi connectivity index (χ2n) is 5.41. The zero-order valence-electron chi connectivity index (χ0n) is 12.9. The fourth-order valence-corrected chi connectivity index (χ4v) is 2.02. The highest BCUT2D eigenvalue weighted by atomic mass is 16.2. The molecule has 0 bridgehead atoms. The fraction of sp³-hybridized carbons (Fsp3) is 0.500. The number of carbonyl (C=O) groups is 4. The Morgan fingerprint density at radius 1 is 0.773 bits per heavy atom. The van der Waals surface area contributed by atoms with E-state index in [1.807, 2.05) is 27.7 Å². The number of rotatable bonds is 2. The van der Waals surface area contributed by atoms with E-state index in [2.05, 4.69) is 0 Å². The number of amides is 4. The van der Waals surface area contributed by atoms with Crippen LogP contribution in [0.5, 0.6) is 0 Å². The molecule has 0 aromatic carbocycles. The Balaban J connectivity index is 0.000000385. The molecule has 0 N–H and O–H groups in total. The average Bonchev–Trinajstić information content (AvgIpc) is 2.80. The van der Waals surface area contributed by atoms with Gasteiger partial charge in [0.05, 0.1) is 0 Å². The summed E-state index contributed by atoms with van der Waals surface area (Å²) in [7, 11) is 0. The molecular weight excluding hydrogens is 284 g/mol. The average molecular weight is 308 g/mol. The van der Waals surface area contributed by atoms with Crippen LogP contribution in [0.25, 0.3) is 0 Å². The van der Waals surface area contributed by atoms with Crippen LogP contribution < -0.4 is 0 Å². The third kappa shape index (κ3) is 4.13. The van der Waals surface area contributed by atoms with E-state index in [9.17, 15) is 19.2 Å². The summed E-state index contributed by atoms with van der Waals surface area (Å²) >= 11 is 0. The maximum Gasteiger partial charge on any atom is 0.256 e. The van der Waals surface area contributed by atoms with Crippen molar-refractivity contribution in [3.05, 3.63) is 23.8 Å². The lowest BCUT2D eigenvalue weighted by atomic mass is 10.3. The van der Waals surface area contributed by atoms with Crippen LogP contribution in [-0.2, 0) is 19.2 Å². The third-order valence-electron chi connectivity index (χ3n) is 3.01. The van der Waals surface area contributed by atoms with Crippen LogP contribution in [0.1, 0.15) is 42.0 Å². The summed E-state index contributed by atoms with van der Waals surface area (Å²) < 4.78 is 0. The van der Waals surface area contributed by atoms with Crippen molar-refractivity contribution in [1.82, 2.24) is 9.80 Å². The van der Waals surface area contributed by atoms with Crippen LogP contribution in [-0.4, -0.2) is 45.5 Å². The lowest BCUT2D eigenvalue weighted by Gasteiger charge is -2.18. The molecule has 0 radical (unpaired) electrons. The number of nitrogens with zero attached hydrogens (tertiary/aromatic N) is 2. The van der Waals surface area contributed by atoms with Crippen molar-refractivity contribution in [3.63, 3.8) is 0 Å². The Labute approximate surface area is 131 Å². The first kappa shape index (κ1) is 19.8. The topological polar surface area (TPSA) is 74.8 Å². The van der Waals surface area contributed by atoms with Crippen molar-refractivity contribution < 1.29 is 19.2 Å². The molecule has 0 aliphatic carbocycles. The molecule has 122 valence electrons. The van der Waals surface area contributed by atoms with Gasteiger partial charge in [-0.2, -0.15) is 0 Å². The molecule has 6 heteroatoms. The largest absolute Gasteiger partial charge is 0.273 e. The summed E-state index contributed by atoms with van der Waals surface area (Å²) in [4.78, 5) is 46.4. The van der Waals surface area contributed by atoms with E-state index >= 15 is 0 Å². The van der Waals surface area contributed by atoms with Gasteiger partial charge >= 0.3 is 0 Å². The third-order valence-corrected chi connectivity index (χ3v) is 3.01. The maximum atomic E-state index is 11.2. The molecule has 0 saturated carbocycles. The standard InChI is InChI=1S/C8H11NO2.C7H9NO2.CH4/c1-5(2)9-7(10)4-6(3)8(9)11;1-5(2)8-6(9)3-4-7(8)10;/h4-5H,1-3H3;3-5H,1-2H3;1H4. The van der Waals surface area contributed by atoms with Gasteiger partial charge in [0, 0.05) is 35.9 Å². The number of carbonyl (C=O) groups excluding carboxylic acids is 4. The SMILES string of the molecule is C.CC(C)N1C(=O)C=CC1=O.CC1=CC(=O)N(C(C)C)C1=O. The molecule has 2 heterocycles. The minimum absolute atomic E-state index is 0. The zero-order valence-corrected chi connectivity index (χ0v) is 12.9. The van der Waals surface area contributed by atoms with E-state index in [1.54, 1.807) is 6.92 Å². The summed E-state index contributed by atoms with van der Waals surface area (Å²) in [5.74, 6) is -0.771. The summed E-state index contributed by atoms with van der Waals surface area (Å²) in [5, 5.41) is 0. The molecule has 22 heavy (non-hydrogen) atoms. The molecular formula is C16H24N2O4. The molecule has 2 rings (SSSR count). The van der Waals surface area contributed by atoms with Gasteiger partial charge in [-0.3, -0.25) is 29.0 Å². The van der Waals surface area contributed by atoms with Crippen molar-refractivity contribution in [1.29, 1.82) is 0 Å². The molecule has 0 atom stereocenters. The van der Waals surface area contributed by atoms with Gasteiger partial charge in [0.1, 0.15) is 0 Å². The summed E-state index contributed by atoms with van der Waals surface area (Å²) in [6, 6.07) is -0.0706. The van der Waals surface area contributed by atoms with Crippen LogP contribution in [0.2, 0.25) is 0 Å². The highest BCUT2D eigenvalue weighted by Gasteiger charge is 2.30. The minimum Gasteiger partial charge on any atom is -0.273 e. The van der Waals surface area contributed by atoms with Crippen molar-refractivity contribution in [3.8, 4) is 0 Å². The Bertz CT molecular complexity index is 526. The number of imide groups is 2. The van der Waals surface area contributed by atoms with E-state index in [0.29, 0.717) is 5.57 Å². The number of hydrogen-bond donors (Lipinski definition) is 0. The van der Waals surface area contributed by atoms with Crippen LogP contribution >= 0.6 is 0 Å². The number of hydrogen-bond acceptors (Lipinski definition) is 4. The van der Waals surface area contributed by atoms with Crippen molar-refractivity contribution in [2.75, 3.05) is 0 Å². The van der Waals surface area contributed by atoms with E-state index in [1.165, 1.54) is 28.0 Å². The Morgan fingerprint density at radius 2 is 1.18 bits per heavy atom. The Hall–Kier alpha value is -2.24. The fourth-order valence-electron chi connectivity index (χ4n) is 2.02. The van der Waals surface area contributed by atoms with Crippen LogP contribution in [0.3, 0.4) is 0 Å². The second-order valence-corrected chi connectivity index (χ2v) is 5.41. The molecule has 0 aromatic heterocycles. The van der Waals surface area contributed by atoms with Crippen molar-refractivity contribution >= 4 is 23.6 Å². The Morgan fingerprint density at radius 3 is 1.36 bits per heavy atom. The first-order valence-electron chi connectivity index (χ1n) is 6.77. The summed E-state index contributed by atoms with van der Waals surface area (Å²) in [6.45, 7) is 8.92. The molecule has 0 spiro atoms. The summed E-state index contributed by atoms with van der Waals surface area (Å²) in [6.07, 6.45) is 3.97. The molecule has 2 aliphatic rings. The van der Waals surface area contributed by atoms with E-state index in [-0.39, 0.29) is 43.1 Å². The van der Waals surface area contributed by atoms with Gasteiger partial charge in [-0.05, 0) is 34.6 Å². The zero-order chi connectivity index (χ0) is 16.3. The maximum absolute atomic E-state index is 11.2. The molecule has 0 fully saturated rings. The second kappa shape index (κ2) is 7.68. The Kier molecular flexibility index (Phi) is 6.90. The first-order chi connectivity index (χ1) is 9.66. The minimum atomic E-state index is -0.208. The highest BCUT2D eigenvalue weighted by molar-refractivity contribution is 6.16. The van der Waals surface area contributed by atoms with Gasteiger partial charge in [-0.15, -0.1) is 0 Å². The van der Waals surface area contributed by atoms with Gasteiger partial charge in [0.25, 0.3) is 23.6 Å². The highest BCUT2D eigenvalue weighted by Crippen LogP contribution is 2.14. The molecule has 0 aromatic rings. The molecule has 2 aliphatic heterocycles. The predicted molar refractivity (Wildman–Crippen MR) is 83.6 cm³/mol. The van der Waals surface area contributed by atoms with Gasteiger partial charge in [0.2, 0.25) is 0 Å². The van der Waals surface area contributed by atoms with E-state index < -0.39 is 0 Å². The van der Waals surface area contributed by atoms with Crippen molar-refractivity contribution in [2.45, 2.75) is 54.1 Å². The quantitative estimate of drug-likeness (QED) is 0.727. The van der Waals surface area contributed by atoms with Gasteiger partial charge in [-0.25, -0.2) is 0 Å². The van der Waals surface area contributed by atoms with Gasteiger partial charge in [-0.1, -0.05) is 7.43 Å². The molecule has 0 unspecified atom stereocenters.